The van der Waals surface area contributed by atoms with E-state index in [9.17, 15) is 0 Å². The minimum Gasteiger partial charge on any atom is -0.359 e. The highest BCUT2D eigenvalue weighted by molar-refractivity contribution is 7.98. The third kappa shape index (κ3) is 3.05. The highest BCUT2D eigenvalue weighted by Crippen LogP contribution is 2.39. The molecule has 1 aliphatic heterocycles. The van der Waals surface area contributed by atoms with Crippen LogP contribution in [0.15, 0.2) is 12.3 Å². The van der Waals surface area contributed by atoms with Crippen LogP contribution in [0.3, 0.4) is 0 Å². The molecule has 4 nitrogen and oxygen atoms in total. The molecule has 0 amide bonds. The minimum absolute atomic E-state index is 0.255. The predicted molar refractivity (Wildman–Crippen MR) is 101 cm³/mol. The van der Waals surface area contributed by atoms with Gasteiger partial charge in [0.15, 0.2) is 0 Å². The molecule has 3 unspecified atom stereocenters. The fraction of sp³-hybridized carbons (Fsp3) is 0.722. The zero-order chi connectivity index (χ0) is 17.5. The average molecular weight is 337 g/mol. The lowest BCUT2D eigenvalue weighted by atomic mass is 9.99. The number of likely N-dealkylation sites (N-methyl/N-ethyl adjacent to an activating group) is 1. The summed E-state index contributed by atoms with van der Waals surface area (Å²) in [7, 11) is 4.29. The van der Waals surface area contributed by atoms with Gasteiger partial charge in [-0.05, 0) is 55.0 Å². The monoisotopic (exact) mass is 336 g/mol. The molecule has 5 heteroatoms. The van der Waals surface area contributed by atoms with Gasteiger partial charge in [0.25, 0.3) is 0 Å². The molecule has 0 N–H and O–H groups in total. The number of fused-ring (bicyclic) bond motifs is 1. The Morgan fingerprint density at radius 3 is 2.39 bits per heavy atom. The van der Waals surface area contributed by atoms with Gasteiger partial charge in [-0.15, -0.1) is 0 Å². The van der Waals surface area contributed by atoms with E-state index in [4.69, 9.17) is 4.98 Å². The van der Waals surface area contributed by atoms with Gasteiger partial charge in [0.05, 0.1) is 23.8 Å². The lowest BCUT2D eigenvalue weighted by Gasteiger charge is -2.48. The number of hydrogen-bond donors (Lipinski definition) is 0. The molecule has 2 heterocycles. The van der Waals surface area contributed by atoms with Crippen LogP contribution in [0, 0.1) is 13.8 Å². The second-order valence-electron chi connectivity index (χ2n) is 7.00. The van der Waals surface area contributed by atoms with Gasteiger partial charge in [-0.2, -0.15) is 11.8 Å². The Hall–Kier alpha value is -0.940. The van der Waals surface area contributed by atoms with Gasteiger partial charge < -0.3 is 14.4 Å². The quantitative estimate of drug-likeness (QED) is 0.819. The summed E-state index contributed by atoms with van der Waals surface area (Å²) in [6.07, 6.45) is 2.16. The van der Waals surface area contributed by atoms with Crippen molar-refractivity contribution in [2.75, 3.05) is 26.1 Å². The van der Waals surface area contributed by atoms with Gasteiger partial charge in [0, 0.05) is 23.2 Å². The van der Waals surface area contributed by atoms with Crippen LogP contribution >= 0.6 is 11.8 Å². The van der Waals surface area contributed by atoms with E-state index in [-0.39, 0.29) is 6.04 Å². The van der Waals surface area contributed by atoms with E-state index in [1.54, 1.807) is 0 Å². The van der Waals surface area contributed by atoms with Crippen LogP contribution in [-0.2, 0) is 0 Å². The number of hydrogen-bond acceptors (Lipinski definition) is 4. The molecule has 130 valence electrons. The fourth-order valence-corrected chi connectivity index (χ4v) is 4.58. The largest absolute Gasteiger partial charge is 0.359 e. The number of nitrogens with zero attached hydrogens (tertiary/aromatic N) is 4. The highest BCUT2D eigenvalue weighted by atomic mass is 32.2. The molecular formula is C18H32N4S. The molecule has 0 radical (unpaired) electrons. The van der Waals surface area contributed by atoms with Crippen LogP contribution in [0.4, 0.5) is 0 Å². The molecular weight excluding hydrogens is 304 g/mol. The molecule has 0 spiro atoms. The molecule has 0 bridgehead atoms. The van der Waals surface area contributed by atoms with Crippen molar-refractivity contribution >= 4 is 11.8 Å². The van der Waals surface area contributed by atoms with Crippen molar-refractivity contribution in [2.24, 2.45) is 0 Å². The summed E-state index contributed by atoms with van der Waals surface area (Å²) in [6, 6.07) is 1.41. The summed E-state index contributed by atoms with van der Waals surface area (Å²) < 4.78 is 2.42. The van der Waals surface area contributed by atoms with Gasteiger partial charge in [-0.3, -0.25) is 0 Å². The lowest BCUT2D eigenvalue weighted by Crippen LogP contribution is -2.50. The zero-order valence-electron chi connectivity index (χ0n) is 15.9. The molecule has 0 saturated carbocycles. The van der Waals surface area contributed by atoms with Crippen molar-refractivity contribution in [1.29, 1.82) is 0 Å². The van der Waals surface area contributed by atoms with Gasteiger partial charge >= 0.3 is 0 Å². The maximum absolute atomic E-state index is 4.86. The summed E-state index contributed by atoms with van der Waals surface area (Å²) in [5.74, 6) is 2.23. The van der Waals surface area contributed by atoms with E-state index in [2.05, 4.69) is 75.9 Å². The third-order valence-electron chi connectivity index (χ3n) is 5.41. The van der Waals surface area contributed by atoms with E-state index >= 15 is 0 Å². The molecule has 1 aromatic rings. The lowest BCUT2D eigenvalue weighted by molar-refractivity contribution is 0.0992. The molecule has 4 atom stereocenters. The molecule has 2 rings (SSSR count). The standard InChI is InChI=1S/C18H32N4S/c1-11-12(2)22-14(4)13(3)21(16(6)18(22)19-11)15(5)17(10-23-9)20(7)8/h13-14,16-17H,5,10H2,1-4,6-9H3/t13?,14?,16?,17-/m0/s1. The van der Waals surface area contributed by atoms with E-state index in [1.807, 2.05) is 11.8 Å². The second kappa shape index (κ2) is 6.89. The SMILES string of the molecule is C=C([C@H](CSC)N(C)C)N1C(C)c2nc(C)c(C)n2C(C)C1C. The van der Waals surface area contributed by atoms with Crippen molar-refractivity contribution < 1.29 is 0 Å². The van der Waals surface area contributed by atoms with Gasteiger partial charge in [0.1, 0.15) is 5.82 Å². The number of aromatic nitrogens is 2. The molecule has 23 heavy (non-hydrogen) atoms. The number of imidazole rings is 1. The summed E-state index contributed by atoms with van der Waals surface area (Å²) in [6.45, 7) is 15.7. The first-order valence-corrected chi connectivity index (χ1v) is 9.79. The summed E-state index contributed by atoms with van der Waals surface area (Å²) in [5, 5.41) is 0. The molecule has 1 aromatic heterocycles. The fourth-order valence-electron chi connectivity index (χ4n) is 3.77. The Morgan fingerprint density at radius 1 is 1.26 bits per heavy atom. The van der Waals surface area contributed by atoms with E-state index < -0.39 is 0 Å². The molecule has 1 aliphatic rings. The topological polar surface area (TPSA) is 24.3 Å². The first-order valence-electron chi connectivity index (χ1n) is 8.40. The first-order chi connectivity index (χ1) is 10.7. The van der Waals surface area contributed by atoms with Gasteiger partial charge in [-0.1, -0.05) is 6.58 Å². The molecule has 0 aromatic carbocycles. The third-order valence-corrected chi connectivity index (χ3v) is 6.06. The number of thioether (sulfide) groups is 1. The van der Waals surface area contributed by atoms with Gasteiger partial charge in [0.2, 0.25) is 0 Å². The van der Waals surface area contributed by atoms with Crippen LogP contribution in [0.5, 0.6) is 0 Å². The molecule has 0 aliphatic carbocycles. The Morgan fingerprint density at radius 2 is 1.87 bits per heavy atom. The minimum atomic E-state index is 0.255. The first kappa shape index (κ1) is 18.4. The normalized spacial score (nSPS) is 25.6. The van der Waals surface area contributed by atoms with Crippen molar-refractivity contribution in [3.05, 3.63) is 29.5 Å². The Balaban J connectivity index is 2.42. The van der Waals surface area contributed by atoms with Crippen LogP contribution in [-0.4, -0.2) is 57.5 Å². The highest BCUT2D eigenvalue weighted by Gasteiger charge is 2.39. The van der Waals surface area contributed by atoms with Crippen molar-refractivity contribution in [3.63, 3.8) is 0 Å². The number of aryl methyl sites for hydroxylation is 1. The van der Waals surface area contributed by atoms with Crippen molar-refractivity contribution in [1.82, 2.24) is 19.4 Å². The molecule has 0 saturated heterocycles. The van der Waals surface area contributed by atoms with Crippen LogP contribution < -0.4 is 0 Å². The van der Waals surface area contributed by atoms with Crippen LogP contribution in [0.1, 0.15) is 50.1 Å². The Labute approximate surface area is 145 Å². The molecule has 0 fully saturated rings. The zero-order valence-corrected chi connectivity index (χ0v) is 16.7. The van der Waals surface area contributed by atoms with Crippen LogP contribution in [0.2, 0.25) is 0 Å². The summed E-state index contributed by atoms with van der Waals surface area (Å²) in [4.78, 5) is 9.63. The van der Waals surface area contributed by atoms with E-state index in [0.717, 1.165) is 11.4 Å². The predicted octanol–water partition coefficient (Wildman–Crippen LogP) is 3.63. The van der Waals surface area contributed by atoms with Crippen molar-refractivity contribution in [3.8, 4) is 0 Å². The van der Waals surface area contributed by atoms with Crippen molar-refractivity contribution in [2.45, 2.75) is 58.8 Å². The average Bonchev–Trinajstić information content (AvgIpc) is 2.78. The van der Waals surface area contributed by atoms with Gasteiger partial charge in [-0.25, -0.2) is 4.98 Å². The second-order valence-corrected chi connectivity index (χ2v) is 7.91. The maximum Gasteiger partial charge on any atom is 0.132 e. The Kier molecular flexibility index (Phi) is 5.52. The van der Waals surface area contributed by atoms with E-state index in [0.29, 0.717) is 18.1 Å². The van der Waals surface area contributed by atoms with E-state index in [1.165, 1.54) is 17.2 Å². The summed E-state index contributed by atoms with van der Waals surface area (Å²) >= 11 is 1.88. The summed E-state index contributed by atoms with van der Waals surface area (Å²) in [5.41, 5.74) is 3.65. The van der Waals surface area contributed by atoms with Crippen LogP contribution in [0.25, 0.3) is 0 Å². The smallest absolute Gasteiger partial charge is 0.132 e. The maximum atomic E-state index is 4.86. The Bertz CT molecular complexity index is 578. The number of rotatable bonds is 5.